The van der Waals surface area contributed by atoms with Crippen molar-refractivity contribution >= 4 is 17.8 Å². The van der Waals surface area contributed by atoms with Crippen LogP contribution in [-0.4, -0.2) is 32.7 Å². The van der Waals surface area contributed by atoms with Gasteiger partial charge in [0, 0.05) is 24.4 Å². The van der Waals surface area contributed by atoms with E-state index in [2.05, 4.69) is 5.10 Å². The summed E-state index contributed by atoms with van der Waals surface area (Å²) in [5.41, 5.74) is 1.33. The molecule has 0 saturated heterocycles. The Hall–Kier alpha value is -2.89. The first-order chi connectivity index (χ1) is 10.5. The Labute approximate surface area is 127 Å². The number of ether oxygens (including phenoxy) is 1. The lowest BCUT2D eigenvalue weighted by atomic mass is 10.1. The Morgan fingerprint density at radius 1 is 1.32 bits per heavy atom. The molecule has 1 N–H and O–H groups in total. The summed E-state index contributed by atoms with van der Waals surface area (Å²) >= 11 is 0. The highest BCUT2D eigenvalue weighted by Crippen LogP contribution is 2.15. The van der Waals surface area contributed by atoms with Gasteiger partial charge >= 0.3 is 5.97 Å². The van der Waals surface area contributed by atoms with Gasteiger partial charge in [0.05, 0.1) is 6.20 Å². The van der Waals surface area contributed by atoms with Crippen molar-refractivity contribution in [1.82, 2.24) is 9.78 Å². The number of carboxylic acid groups (broad SMARTS) is 1. The van der Waals surface area contributed by atoms with E-state index < -0.39 is 12.1 Å². The molecule has 0 fully saturated rings. The summed E-state index contributed by atoms with van der Waals surface area (Å²) in [5.74, 6) is -0.788. The zero-order valence-corrected chi connectivity index (χ0v) is 12.3. The molecule has 1 aromatic heterocycles. The average molecular weight is 300 g/mol. The fraction of sp³-hybridized carbons (Fsp3) is 0.188. The zero-order valence-electron chi connectivity index (χ0n) is 12.3. The molecule has 22 heavy (non-hydrogen) atoms. The lowest BCUT2D eigenvalue weighted by Gasteiger charge is -2.10. The number of nitrogens with zero attached hydrogens (tertiary/aromatic N) is 2. The first-order valence-electron chi connectivity index (χ1n) is 6.66. The number of ketones is 1. The van der Waals surface area contributed by atoms with Gasteiger partial charge in [0.15, 0.2) is 11.9 Å². The fourth-order valence-corrected chi connectivity index (χ4v) is 1.75. The van der Waals surface area contributed by atoms with E-state index in [0.717, 1.165) is 5.56 Å². The molecule has 0 radical (unpaired) electrons. The van der Waals surface area contributed by atoms with E-state index in [1.165, 1.54) is 13.0 Å². The quantitative estimate of drug-likeness (QED) is 0.653. The van der Waals surface area contributed by atoms with E-state index >= 15 is 0 Å². The summed E-state index contributed by atoms with van der Waals surface area (Å²) in [5, 5.41) is 12.8. The minimum atomic E-state index is -1.04. The van der Waals surface area contributed by atoms with Gasteiger partial charge in [0.2, 0.25) is 0 Å². The maximum atomic E-state index is 12.0. The van der Waals surface area contributed by atoms with Gasteiger partial charge in [-0.3, -0.25) is 9.48 Å². The van der Waals surface area contributed by atoms with Crippen LogP contribution in [0.4, 0.5) is 0 Å². The van der Waals surface area contributed by atoms with E-state index in [1.807, 2.05) is 0 Å². The Balaban J connectivity index is 2.02. The van der Waals surface area contributed by atoms with Crippen LogP contribution in [0.25, 0.3) is 6.08 Å². The summed E-state index contributed by atoms with van der Waals surface area (Å²) in [6, 6.07) is 6.34. The standard InChI is InChI=1S/C16H16N2O4/c1-11(16(20)21)22-14-6-4-13(5-7-14)15(19)8-3-12-9-17-18(2)10-12/h3-11H,1-2H3,(H,20,21)/b8-3-/t11-/m0/s1. The van der Waals surface area contributed by atoms with Gasteiger partial charge in [-0.15, -0.1) is 0 Å². The number of aromatic nitrogens is 2. The maximum absolute atomic E-state index is 12.0. The molecule has 2 aromatic rings. The van der Waals surface area contributed by atoms with Crippen LogP contribution in [0.1, 0.15) is 22.8 Å². The summed E-state index contributed by atoms with van der Waals surface area (Å²) in [6.45, 7) is 1.44. The number of aryl methyl sites for hydroxylation is 1. The number of carbonyl (C=O) groups is 2. The van der Waals surface area contributed by atoms with Gasteiger partial charge in [-0.1, -0.05) is 0 Å². The molecule has 6 nitrogen and oxygen atoms in total. The van der Waals surface area contributed by atoms with Crippen LogP contribution in [0.15, 0.2) is 42.7 Å². The Bertz CT molecular complexity index is 701. The molecule has 0 aliphatic heterocycles. The minimum Gasteiger partial charge on any atom is -0.479 e. The summed E-state index contributed by atoms with van der Waals surface area (Å²) in [4.78, 5) is 22.7. The van der Waals surface area contributed by atoms with Gasteiger partial charge < -0.3 is 9.84 Å². The minimum absolute atomic E-state index is 0.151. The fourth-order valence-electron chi connectivity index (χ4n) is 1.75. The molecule has 1 aromatic carbocycles. The van der Waals surface area contributed by atoms with Crippen molar-refractivity contribution in [2.75, 3.05) is 0 Å². The third kappa shape index (κ3) is 4.05. The zero-order chi connectivity index (χ0) is 16.1. The molecule has 114 valence electrons. The second-order valence-electron chi connectivity index (χ2n) is 4.77. The number of carbonyl (C=O) groups excluding carboxylic acids is 1. The van der Waals surface area contributed by atoms with Crippen LogP contribution in [0.2, 0.25) is 0 Å². The molecule has 0 amide bonds. The summed E-state index contributed by atoms with van der Waals surface area (Å²) in [7, 11) is 1.80. The number of benzene rings is 1. The Morgan fingerprint density at radius 2 is 2.00 bits per heavy atom. The van der Waals surface area contributed by atoms with Gasteiger partial charge in [0.25, 0.3) is 0 Å². The number of hydrogen-bond acceptors (Lipinski definition) is 4. The van der Waals surface area contributed by atoms with Crippen molar-refractivity contribution in [3.8, 4) is 5.75 Å². The number of hydrogen-bond donors (Lipinski definition) is 1. The van der Waals surface area contributed by atoms with Crippen molar-refractivity contribution in [2.24, 2.45) is 7.05 Å². The van der Waals surface area contributed by atoms with E-state index in [9.17, 15) is 9.59 Å². The topological polar surface area (TPSA) is 81.4 Å². The maximum Gasteiger partial charge on any atom is 0.344 e. The molecular formula is C16H16N2O4. The monoisotopic (exact) mass is 300 g/mol. The second-order valence-corrected chi connectivity index (χ2v) is 4.77. The largest absolute Gasteiger partial charge is 0.479 e. The highest BCUT2D eigenvalue weighted by Gasteiger charge is 2.12. The van der Waals surface area contributed by atoms with Crippen molar-refractivity contribution < 1.29 is 19.4 Å². The van der Waals surface area contributed by atoms with Crippen molar-refractivity contribution in [3.05, 3.63) is 53.9 Å². The molecule has 2 rings (SSSR count). The van der Waals surface area contributed by atoms with Crippen LogP contribution in [-0.2, 0) is 11.8 Å². The molecule has 1 heterocycles. The third-order valence-corrected chi connectivity index (χ3v) is 2.95. The van der Waals surface area contributed by atoms with Crippen molar-refractivity contribution in [1.29, 1.82) is 0 Å². The van der Waals surface area contributed by atoms with Crippen LogP contribution >= 0.6 is 0 Å². The molecule has 0 saturated carbocycles. The normalized spacial score (nSPS) is 12.3. The lowest BCUT2D eigenvalue weighted by molar-refractivity contribution is -0.144. The second kappa shape index (κ2) is 6.71. The molecule has 0 aliphatic rings. The lowest BCUT2D eigenvalue weighted by Crippen LogP contribution is -2.22. The molecule has 0 spiro atoms. The van der Waals surface area contributed by atoms with E-state index in [4.69, 9.17) is 9.84 Å². The Morgan fingerprint density at radius 3 is 2.55 bits per heavy atom. The number of aliphatic carboxylic acids is 1. The molecule has 0 bridgehead atoms. The van der Waals surface area contributed by atoms with Gasteiger partial charge in [-0.25, -0.2) is 4.79 Å². The molecule has 0 aliphatic carbocycles. The van der Waals surface area contributed by atoms with Gasteiger partial charge in [-0.2, -0.15) is 5.10 Å². The first kappa shape index (κ1) is 15.5. The third-order valence-electron chi connectivity index (χ3n) is 2.95. The van der Waals surface area contributed by atoms with Crippen LogP contribution in [0.3, 0.4) is 0 Å². The Kier molecular flexibility index (Phi) is 4.73. The first-order valence-corrected chi connectivity index (χ1v) is 6.66. The van der Waals surface area contributed by atoms with Gasteiger partial charge in [0.1, 0.15) is 5.75 Å². The van der Waals surface area contributed by atoms with Crippen LogP contribution in [0, 0.1) is 0 Å². The molecule has 6 heteroatoms. The summed E-state index contributed by atoms with van der Waals surface area (Å²) in [6.07, 6.45) is 5.67. The van der Waals surface area contributed by atoms with Crippen LogP contribution < -0.4 is 4.74 Å². The predicted molar refractivity (Wildman–Crippen MR) is 80.7 cm³/mol. The smallest absolute Gasteiger partial charge is 0.344 e. The highest BCUT2D eigenvalue weighted by atomic mass is 16.5. The number of rotatable bonds is 6. The average Bonchev–Trinajstić information content (AvgIpc) is 2.91. The van der Waals surface area contributed by atoms with Crippen LogP contribution in [0.5, 0.6) is 5.75 Å². The van der Waals surface area contributed by atoms with E-state index in [-0.39, 0.29) is 5.78 Å². The number of allylic oxidation sites excluding steroid dienone is 1. The SMILES string of the molecule is C[C@H](Oc1ccc(C(=O)/C=C\c2cnn(C)c2)cc1)C(=O)O. The summed E-state index contributed by atoms with van der Waals surface area (Å²) < 4.78 is 6.86. The predicted octanol–water partition coefficient (Wildman–Crippen LogP) is 2.17. The van der Waals surface area contributed by atoms with E-state index in [1.54, 1.807) is 54.5 Å². The molecule has 1 atom stereocenters. The highest BCUT2D eigenvalue weighted by molar-refractivity contribution is 6.06. The number of carboxylic acids is 1. The van der Waals surface area contributed by atoms with E-state index in [0.29, 0.717) is 11.3 Å². The van der Waals surface area contributed by atoms with Gasteiger partial charge in [-0.05, 0) is 43.3 Å². The van der Waals surface area contributed by atoms with Crippen molar-refractivity contribution in [3.63, 3.8) is 0 Å². The molecule has 0 unspecified atom stereocenters. The molecular weight excluding hydrogens is 284 g/mol. The van der Waals surface area contributed by atoms with Crippen molar-refractivity contribution in [2.45, 2.75) is 13.0 Å².